The number of hydrogen-bond acceptors (Lipinski definition) is 7. The number of urea groups is 1. The number of aliphatic hydroxyl groups is 1. The van der Waals surface area contributed by atoms with E-state index in [9.17, 15) is 19.5 Å². The summed E-state index contributed by atoms with van der Waals surface area (Å²) >= 11 is 6.66. The Bertz CT molecular complexity index is 1640. The second-order valence-corrected chi connectivity index (χ2v) is 11.4. The highest BCUT2D eigenvalue weighted by molar-refractivity contribution is 6.36. The monoisotopic (exact) mass is 642 g/mol. The van der Waals surface area contributed by atoms with Gasteiger partial charge in [-0.25, -0.2) is 13.6 Å². The molecule has 5 rings (SSSR count). The Kier molecular flexibility index (Phi) is 9.68. The third kappa shape index (κ3) is 6.50. The predicted molar refractivity (Wildman–Crippen MR) is 164 cm³/mol. The van der Waals surface area contributed by atoms with Crippen molar-refractivity contribution in [2.75, 3.05) is 46.3 Å². The van der Waals surface area contributed by atoms with Crippen molar-refractivity contribution in [2.45, 2.75) is 25.1 Å². The molecule has 4 amide bonds. The van der Waals surface area contributed by atoms with Crippen molar-refractivity contribution < 1.29 is 37.7 Å². The molecule has 2 aliphatic heterocycles. The molecule has 3 atom stereocenters. The first-order chi connectivity index (χ1) is 21.5. The number of halogens is 3. The van der Waals surface area contributed by atoms with Gasteiger partial charge in [-0.05, 0) is 30.2 Å². The minimum absolute atomic E-state index is 0.0310. The van der Waals surface area contributed by atoms with E-state index in [-0.39, 0.29) is 70.0 Å². The number of aliphatic hydroxyl groups excluding tert-OH is 1. The minimum Gasteiger partial charge on any atom is -0.496 e. The van der Waals surface area contributed by atoms with Gasteiger partial charge in [0, 0.05) is 62.1 Å². The van der Waals surface area contributed by atoms with E-state index in [0.717, 1.165) is 4.90 Å². The van der Waals surface area contributed by atoms with Crippen LogP contribution in [0.2, 0.25) is 5.02 Å². The number of benzene rings is 3. The lowest BCUT2D eigenvalue weighted by atomic mass is 9.96. The van der Waals surface area contributed by atoms with Gasteiger partial charge in [0.25, 0.3) is 0 Å². The highest BCUT2D eigenvalue weighted by atomic mass is 35.5. The number of amides is 4. The van der Waals surface area contributed by atoms with Crippen LogP contribution in [-0.2, 0) is 20.9 Å². The van der Waals surface area contributed by atoms with Gasteiger partial charge in [0.05, 0.1) is 30.5 Å². The van der Waals surface area contributed by atoms with Crippen LogP contribution in [0.3, 0.4) is 0 Å². The van der Waals surface area contributed by atoms with Gasteiger partial charge in [-0.15, -0.1) is 0 Å². The maximum atomic E-state index is 16.1. The molecule has 0 radical (unpaired) electrons. The maximum Gasteiger partial charge on any atom is 0.326 e. The lowest BCUT2D eigenvalue weighted by molar-refractivity contribution is -0.140. The second kappa shape index (κ2) is 13.5. The number of hydrogen-bond donors (Lipinski definition) is 3. The lowest BCUT2D eigenvalue weighted by Gasteiger charge is -2.33. The largest absolute Gasteiger partial charge is 0.496 e. The number of nitrogens with one attached hydrogen (secondary N) is 2. The molecule has 3 N–H and O–H groups in total. The van der Waals surface area contributed by atoms with Gasteiger partial charge in [0.2, 0.25) is 11.8 Å². The molecule has 0 aromatic heterocycles. The number of carbonyl (C=O) groups excluding carboxylic acids is 3. The molecule has 3 aromatic rings. The highest BCUT2D eigenvalue weighted by Gasteiger charge is 2.39. The number of imide groups is 1. The molecule has 2 saturated heterocycles. The predicted octanol–water partition coefficient (Wildman–Crippen LogP) is 4.28. The Morgan fingerprint density at radius 2 is 1.82 bits per heavy atom. The standard InChI is InChI=1S/C32H33ClF2N4O6/c1-38-15-22(31(42)39(2)32(38)43)30(41)37-25-9-5-7-19(28(25)33)20-8-4-6-18(29(20)35)17-12-23(34)21(27(13-17)44-3)14-36-24-10-11-45-16-26(24)40/h4-9,12-13,22,24,26,36,40H,10-11,14-16H2,1-3H3,(H,37,41)/t22?,24-,26+/m1/s1. The summed E-state index contributed by atoms with van der Waals surface area (Å²) in [5.74, 6) is -3.54. The van der Waals surface area contributed by atoms with E-state index in [1.807, 2.05) is 0 Å². The Morgan fingerprint density at radius 3 is 2.56 bits per heavy atom. The van der Waals surface area contributed by atoms with Crippen LogP contribution in [0.15, 0.2) is 48.5 Å². The fraction of sp³-hybridized carbons (Fsp3) is 0.344. The van der Waals surface area contributed by atoms with Crippen LogP contribution >= 0.6 is 11.6 Å². The van der Waals surface area contributed by atoms with Gasteiger partial charge in [-0.3, -0.25) is 14.5 Å². The molecule has 0 spiro atoms. The summed E-state index contributed by atoms with van der Waals surface area (Å²) in [6, 6.07) is 11.3. The molecule has 3 aromatic carbocycles. The molecule has 0 bridgehead atoms. The zero-order valence-electron chi connectivity index (χ0n) is 24.9. The van der Waals surface area contributed by atoms with Crippen LogP contribution in [0.1, 0.15) is 12.0 Å². The summed E-state index contributed by atoms with van der Waals surface area (Å²) in [5, 5.41) is 16.0. The smallest absolute Gasteiger partial charge is 0.326 e. The topological polar surface area (TPSA) is 120 Å². The van der Waals surface area contributed by atoms with Crippen LogP contribution < -0.4 is 15.4 Å². The molecule has 2 fully saturated rings. The lowest BCUT2D eigenvalue weighted by Crippen LogP contribution is -2.56. The average molecular weight is 643 g/mol. The van der Waals surface area contributed by atoms with Crippen molar-refractivity contribution in [2.24, 2.45) is 5.92 Å². The fourth-order valence-corrected chi connectivity index (χ4v) is 5.82. The third-order valence-electron chi connectivity index (χ3n) is 8.11. The van der Waals surface area contributed by atoms with Crippen LogP contribution in [0, 0.1) is 17.6 Å². The SMILES string of the molecule is COc1cc(-c2cccc(-c3cccc(NC(=O)C4CN(C)C(=O)N(C)C4=O)c3Cl)c2F)cc(F)c1CN[C@@H]1CCOC[C@@H]1O. The van der Waals surface area contributed by atoms with Gasteiger partial charge in [-0.1, -0.05) is 41.9 Å². The van der Waals surface area contributed by atoms with Crippen molar-refractivity contribution in [1.29, 1.82) is 0 Å². The van der Waals surface area contributed by atoms with E-state index >= 15 is 8.78 Å². The van der Waals surface area contributed by atoms with Crippen LogP contribution in [0.4, 0.5) is 19.3 Å². The summed E-state index contributed by atoms with van der Waals surface area (Å²) in [4.78, 5) is 39.8. The molecule has 2 aliphatic rings. The van der Waals surface area contributed by atoms with Crippen LogP contribution in [0.5, 0.6) is 5.75 Å². The molecule has 238 valence electrons. The van der Waals surface area contributed by atoms with Crippen molar-refractivity contribution in [1.82, 2.24) is 15.1 Å². The minimum atomic E-state index is -1.15. The highest BCUT2D eigenvalue weighted by Crippen LogP contribution is 2.39. The summed E-state index contributed by atoms with van der Waals surface area (Å²) in [7, 11) is 4.18. The summed E-state index contributed by atoms with van der Waals surface area (Å²) in [6.45, 7) is 0.666. The van der Waals surface area contributed by atoms with Crippen molar-refractivity contribution in [3.8, 4) is 28.0 Å². The molecule has 0 aliphatic carbocycles. The number of nitrogens with zero attached hydrogens (tertiary/aromatic N) is 2. The molecule has 2 heterocycles. The first-order valence-electron chi connectivity index (χ1n) is 14.3. The number of ether oxygens (including phenoxy) is 2. The number of anilines is 1. The van der Waals surface area contributed by atoms with Crippen molar-refractivity contribution in [3.05, 3.63) is 70.8 Å². The van der Waals surface area contributed by atoms with Crippen molar-refractivity contribution >= 4 is 35.1 Å². The fourth-order valence-electron chi connectivity index (χ4n) is 5.54. The molecule has 10 nitrogen and oxygen atoms in total. The van der Waals surface area contributed by atoms with Crippen LogP contribution in [-0.4, -0.2) is 85.9 Å². The summed E-state index contributed by atoms with van der Waals surface area (Å²) < 4.78 is 42.3. The Hall–Kier alpha value is -4.10. The molecular formula is C32H33ClF2N4O6. The Morgan fingerprint density at radius 1 is 1.11 bits per heavy atom. The molecule has 45 heavy (non-hydrogen) atoms. The van der Waals surface area contributed by atoms with Crippen LogP contribution in [0.25, 0.3) is 22.3 Å². The third-order valence-corrected chi connectivity index (χ3v) is 8.52. The van der Waals surface area contributed by atoms with E-state index in [1.54, 1.807) is 24.3 Å². The molecule has 1 unspecified atom stereocenters. The van der Waals surface area contributed by atoms with E-state index in [1.165, 1.54) is 50.4 Å². The zero-order valence-corrected chi connectivity index (χ0v) is 25.7. The van der Waals surface area contributed by atoms with Crippen molar-refractivity contribution in [3.63, 3.8) is 0 Å². The quantitative estimate of drug-likeness (QED) is 0.314. The Labute approximate surface area is 263 Å². The van der Waals surface area contributed by atoms with E-state index < -0.39 is 41.5 Å². The number of carbonyl (C=O) groups is 3. The number of rotatable bonds is 8. The molecular weight excluding hydrogens is 610 g/mol. The zero-order chi connectivity index (χ0) is 32.4. The van der Waals surface area contributed by atoms with Gasteiger partial charge >= 0.3 is 6.03 Å². The van der Waals surface area contributed by atoms with Gasteiger partial charge in [0.1, 0.15) is 23.3 Å². The first kappa shape index (κ1) is 32.3. The van der Waals surface area contributed by atoms with Gasteiger partial charge in [-0.2, -0.15) is 0 Å². The molecule has 13 heteroatoms. The average Bonchev–Trinajstić information content (AvgIpc) is 3.02. The summed E-state index contributed by atoms with van der Waals surface area (Å²) in [6.07, 6.45) is -0.144. The normalized spacial score (nSPS) is 20.4. The van der Waals surface area contributed by atoms with E-state index in [2.05, 4.69) is 10.6 Å². The molecule has 0 saturated carbocycles. The number of methoxy groups -OCH3 is 1. The Balaban J connectivity index is 1.41. The van der Waals surface area contributed by atoms with Gasteiger partial charge in [0.15, 0.2) is 0 Å². The van der Waals surface area contributed by atoms with E-state index in [0.29, 0.717) is 13.0 Å². The summed E-state index contributed by atoms with van der Waals surface area (Å²) in [5.41, 5.74) is 1.08. The maximum absolute atomic E-state index is 16.1. The first-order valence-corrected chi connectivity index (χ1v) is 14.7. The van der Waals surface area contributed by atoms with E-state index in [4.69, 9.17) is 21.1 Å². The van der Waals surface area contributed by atoms with Gasteiger partial charge < -0.3 is 30.1 Å². The second-order valence-electron chi connectivity index (χ2n) is 11.0.